The van der Waals surface area contributed by atoms with E-state index >= 15 is 0 Å². The van der Waals surface area contributed by atoms with Crippen LogP contribution in [0.15, 0.2) is 0 Å². The van der Waals surface area contributed by atoms with Crippen LogP contribution in [0.3, 0.4) is 0 Å². The number of nitrogens with one attached hydrogen (secondary N) is 1. The minimum absolute atomic E-state index is 0.0842. The van der Waals surface area contributed by atoms with Crippen molar-refractivity contribution < 1.29 is 9.53 Å². The fourth-order valence-corrected chi connectivity index (χ4v) is 3.78. The molecule has 0 aromatic carbocycles. The zero-order valence-corrected chi connectivity index (χ0v) is 15.3. The lowest BCUT2D eigenvalue weighted by Crippen LogP contribution is -2.42. The fourth-order valence-electron chi connectivity index (χ4n) is 1.45. The first-order chi connectivity index (χ1) is 10.1. The van der Waals surface area contributed by atoms with E-state index in [-0.39, 0.29) is 12.1 Å². The molecule has 0 unspecified atom stereocenters. The van der Waals surface area contributed by atoms with Gasteiger partial charge in [0.15, 0.2) is 0 Å². The van der Waals surface area contributed by atoms with E-state index < -0.39 is 0 Å². The largest absolute Gasteiger partial charge is 0.468 e. The molecule has 0 heterocycles. The number of ether oxygens (including phenoxy) is 1. The quantitative estimate of drug-likeness (QED) is 0.274. The zero-order valence-electron chi connectivity index (χ0n) is 13.7. The molecular weight excluding hydrogens is 306 g/mol. The van der Waals surface area contributed by atoms with Gasteiger partial charge in [-0.2, -0.15) is 0 Å². The van der Waals surface area contributed by atoms with E-state index in [1.165, 1.54) is 35.9 Å². The smallest absolute Gasteiger partial charge is 0.348 e. The number of carbonyl (C=O) groups excluding carboxylic acids is 1. The second-order valence-corrected chi connectivity index (χ2v) is 6.87. The Labute approximate surface area is 137 Å². The molecule has 0 bridgehead atoms. The number of hydrogen-bond donors (Lipinski definition) is 1. The number of amides is 2. The SMILES string of the molecule is CCCCSN(SCCCC)C(=O)N(CCC)C(=N)OC. The third-order valence-corrected chi connectivity index (χ3v) is 5.04. The standard InChI is InChI=1S/C14H29N3O2S2/c1-5-8-11-20-17(21-12-9-6-2)14(18)16(10-7-3)13(15)19-4/h15H,5-12H2,1-4H3. The van der Waals surface area contributed by atoms with E-state index in [9.17, 15) is 4.79 Å². The van der Waals surface area contributed by atoms with Crippen molar-refractivity contribution >= 4 is 35.9 Å². The second kappa shape index (κ2) is 13.1. The maximum absolute atomic E-state index is 12.6. The molecule has 2 amide bonds. The van der Waals surface area contributed by atoms with Gasteiger partial charge in [-0.05, 0) is 43.2 Å². The molecule has 0 saturated heterocycles. The second-order valence-electron chi connectivity index (χ2n) is 4.57. The van der Waals surface area contributed by atoms with Gasteiger partial charge in [-0.1, -0.05) is 33.6 Å². The molecule has 0 aromatic heterocycles. The molecular formula is C14H29N3O2S2. The van der Waals surface area contributed by atoms with Crippen LogP contribution in [0, 0.1) is 5.41 Å². The average molecular weight is 336 g/mol. The van der Waals surface area contributed by atoms with Gasteiger partial charge < -0.3 is 4.74 Å². The summed E-state index contributed by atoms with van der Waals surface area (Å²) in [6.07, 6.45) is 5.18. The van der Waals surface area contributed by atoms with Crippen LogP contribution in [0.25, 0.3) is 0 Å². The topological polar surface area (TPSA) is 56.6 Å². The summed E-state index contributed by atoms with van der Waals surface area (Å²) in [4.78, 5) is 14.0. The van der Waals surface area contributed by atoms with Gasteiger partial charge in [0, 0.05) is 18.1 Å². The van der Waals surface area contributed by atoms with Crippen molar-refractivity contribution in [2.45, 2.75) is 52.9 Å². The summed E-state index contributed by atoms with van der Waals surface area (Å²) in [6, 6.07) is -0.245. The predicted molar refractivity (Wildman–Crippen MR) is 93.7 cm³/mol. The van der Waals surface area contributed by atoms with Crippen LogP contribution in [-0.4, -0.2) is 45.8 Å². The molecule has 0 radical (unpaired) electrons. The molecule has 0 saturated carbocycles. The highest BCUT2D eigenvalue weighted by atomic mass is 32.2. The molecule has 0 fully saturated rings. The van der Waals surface area contributed by atoms with Gasteiger partial charge in [-0.25, -0.2) is 13.4 Å². The van der Waals surface area contributed by atoms with E-state index in [0.717, 1.165) is 43.6 Å². The summed E-state index contributed by atoms with van der Waals surface area (Å²) in [5, 5.41) is 7.79. The lowest BCUT2D eigenvalue weighted by atomic mass is 10.4. The minimum Gasteiger partial charge on any atom is -0.468 e. The maximum atomic E-state index is 12.6. The highest BCUT2D eigenvalue weighted by Crippen LogP contribution is 2.26. The van der Waals surface area contributed by atoms with Crippen LogP contribution in [0.5, 0.6) is 0 Å². The van der Waals surface area contributed by atoms with Crippen molar-refractivity contribution in [1.29, 1.82) is 5.41 Å². The molecule has 0 atom stereocenters. The molecule has 7 heteroatoms. The third-order valence-electron chi connectivity index (χ3n) is 2.69. The van der Waals surface area contributed by atoms with Crippen LogP contribution in [0.2, 0.25) is 0 Å². The Morgan fingerprint density at radius 1 is 1.05 bits per heavy atom. The van der Waals surface area contributed by atoms with E-state index in [1.54, 1.807) is 3.71 Å². The molecule has 5 nitrogen and oxygen atoms in total. The lowest BCUT2D eigenvalue weighted by molar-refractivity contribution is 0.204. The van der Waals surface area contributed by atoms with Gasteiger partial charge in [-0.15, -0.1) is 0 Å². The van der Waals surface area contributed by atoms with Crippen molar-refractivity contribution in [3.05, 3.63) is 0 Å². The van der Waals surface area contributed by atoms with Crippen molar-refractivity contribution in [1.82, 2.24) is 8.61 Å². The minimum atomic E-state index is -0.161. The van der Waals surface area contributed by atoms with Gasteiger partial charge in [0.2, 0.25) is 0 Å². The van der Waals surface area contributed by atoms with Crippen molar-refractivity contribution in [3.63, 3.8) is 0 Å². The van der Waals surface area contributed by atoms with Gasteiger partial charge in [0.1, 0.15) is 0 Å². The van der Waals surface area contributed by atoms with E-state index in [2.05, 4.69) is 13.8 Å². The average Bonchev–Trinajstić information content (AvgIpc) is 2.50. The van der Waals surface area contributed by atoms with Crippen LogP contribution < -0.4 is 0 Å². The number of unbranched alkanes of at least 4 members (excludes halogenated alkanes) is 2. The molecule has 1 N–H and O–H groups in total. The van der Waals surface area contributed by atoms with E-state index in [4.69, 9.17) is 10.1 Å². The fraction of sp³-hybridized carbons (Fsp3) is 0.857. The van der Waals surface area contributed by atoms with Crippen molar-refractivity contribution in [3.8, 4) is 0 Å². The van der Waals surface area contributed by atoms with Crippen LogP contribution in [0.1, 0.15) is 52.9 Å². The van der Waals surface area contributed by atoms with Gasteiger partial charge >= 0.3 is 6.03 Å². The number of hydrogen-bond acceptors (Lipinski definition) is 5. The Morgan fingerprint density at radius 2 is 1.57 bits per heavy atom. The molecule has 0 aromatic rings. The lowest BCUT2D eigenvalue weighted by Gasteiger charge is -2.27. The highest BCUT2D eigenvalue weighted by molar-refractivity contribution is 8.12. The summed E-state index contributed by atoms with van der Waals surface area (Å²) < 4.78 is 6.65. The highest BCUT2D eigenvalue weighted by Gasteiger charge is 2.25. The number of carbonyl (C=O) groups is 1. The molecule has 0 aliphatic carbocycles. The van der Waals surface area contributed by atoms with E-state index in [1.807, 2.05) is 6.92 Å². The molecule has 0 aliphatic heterocycles. The summed E-state index contributed by atoms with van der Waals surface area (Å²) >= 11 is 3.08. The van der Waals surface area contributed by atoms with Crippen molar-refractivity contribution in [2.75, 3.05) is 25.2 Å². The number of amidine groups is 1. The summed E-state index contributed by atoms with van der Waals surface area (Å²) in [5.41, 5.74) is 0. The van der Waals surface area contributed by atoms with Gasteiger partial charge in [0.25, 0.3) is 6.02 Å². The number of urea groups is 1. The summed E-state index contributed by atoms with van der Waals surface area (Å²) in [5.74, 6) is 1.84. The first-order valence-electron chi connectivity index (χ1n) is 7.62. The van der Waals surface area contributed by atoms with Gasteiger partial charge in [-0.3, -0.25) is 5.41 Å². The Bertz CT molecular complexity index is 294. The third kappa shape index (κ3) is 8.46. The molecule has 124 valence electrons. The van der Waals surface area contributed by atoms with Crippen LogP contribution >= 0.6 is 23.9 Å². The molecule has 0 aliphatic rings. The number of methoxy groups -OCH3 is 1. The summed E-state index contributed by atoms with van der Waals surface area (Å²) in [7, 11) is 1.43. The van der Waals surface area contributed by atoms with Crippen LogP contribution in [-0.2, 0) is 4.74 Å². The molecule has 0 rings (SSSR count). The molecule has 0 spiro atoms. The maximum Gasteiger partial charge on any atom is 0.348 e. The first-order valence-corrected chi connectivity index (χ1v) is 9.50. The number of nitrogens with zero attached hydrogens (tertiary/aromatic N) is 2. The normalized spacial score (nSPS) is 10.3. The predicted octanol–water partition coefficient (Wildman–Crippen LogP) is 4.60. The Kier molecular flexibility index (Phi) is 12.8. The zero-order chi connectivity index (χ0) is 16.1. The Balaban J connectivity index is 4.71. The Morgan fingerprint density at radius 3 is 1.95 bits per heavy atom. The van der Waals surface area contributed by atoms with Crippen LogP contribution in [0.4, 0.5) is 4.79 Å². The van der Waals surface area contributed by atoms with E-state index in [0.29, 0.717) is 6.54 Å². The molecule has 21 heavy (non-hydrogen) atoms. The first kappa shape index (κ1) is 20.4. The van der Waals surface area contributed by atoms with Crippen molar-refractivity contribution in [2.24, 2.45) is 0 Å². The summed E-state index contributed by atoms with van der Waals surface area (Å²) in [6.45, 7) is 6.77. The Hall–Kier alpha value is -0.560. The van der Waals surface area contributed by atoms with Gasteiger partial charge in [0.05, 0.1) is 7.11 Å². The number of rotatable bonds is 10. The monoisotopic (exact) mass is 335 g/mol.